The second-order valence-electron chi connectivity index (χ2n) is 5.45. The molecule has 1 N–H and O–H groups in total. The van der Waals surface area contributed by atoms with Gasteiger partial charge in [0.1, 0.15) is 5.82 Å². The van der Waals surface area contributed by atoms with Gasteiger partial charge >= 0.3 is 0 Å². The molecule has 0 radical (unpaired) electrons. The third-order valence-corrected chi connectivity index (χ3v) is 4.95. The maximum atomic E-state index is 13.3. The molecule has 0 bridgehead atoms. The molecule has 2 aromatic carbocycles. The Morgan fingerprint density at radius 1 is 1.20 bits per heavy atom. The van der Waals surface area contributed by atoms with Crippen LogP contribution in [0.5, 0.6) is 0 Å². The standard InChI is InChI=1S/C17H18ClFN2O3S/c1-25(23,24)21(14-7-8-16(19)15(18)11-14)10-9-17(22)20-12-13-5-3-2-4-6-13/h2-8,11H,9-10,12H2,1H3,(H,20,22). The Labute approximate surface area is 151 Å². The Morgan fingerprint density at radius 2 is 1.88 bits per heavy atom. The first kappa shape index (κ1) is 19.2. The van der Waals surface area contributed by atoms with Crippen molar-refractivity contribution in [3.8, 4) is 0 Å². The first-order chi connectivity index (χ1) is 11.8. The SMILES string of the molecule is CS(=O)(=O)N(CCC(=O)NCc1ccccc1)c1ccc(F)c(Cl)c1. The summed E-state index contributed by atoms with van der Waals surface area (Å²) in [5, 5.41) is 2.55. The molecule has 0 aliphatic heterocycles. The molecule has 1 amide bonds. The average molecular weight is 385 g/mol. The van der Waals surface area contributed by atoms with Crippen molar-refractivity contribution in [2.45, 2.75) is 13.0 Å². The number of halogens is 2. The van der Waals surface area contributed by atoms with E-state index in [-0.39, 0.29) is 29.6 Å². The third kappa shape index (κ3) is 5.72. The molecule has 5 nitrogen and oxygen atoms in total. The maximum absolute atomic E-state index is 13.3. The molecule has 0 aliphatic rings. The molecule has 0 saturated carbocycles. The number of hydrogen-bond acceptors (Lipinski definition) is 3. The second kappa shape index (κ2) is 8.31. The summed E-state index contributed by atoms with van der Waals surface area (Å²) < 4.78 is 38.3. The molecule has 25 heavy (non-hydrogen) atoms. The largest absolute Gasteiger partial charge is 0.352 e. The zero-order valence-corrected chi connectivity index (χ0v) is 15.1. The lowest BCUT2D eigenvalue weighted by Gasteiger charge is -2.22. The number of rotatable bonds is 7. The minimum absolute atomic E-state index is 0.0328. The molecule has 0 spiro atoms. The van der Waals surface area contributed by atoms with Crippen LogP contribution in [0.25, 0.3) is 0 Å². The van der Waals surface area contributed by atoms with Crippen LogP contribution in [0.3, 0.4) is 0 Å². The predicted molar refractivity (Wildman–Crippen MR) is 96.5 cm³/mol. The Balaban J connectivity index is 2.00. The van der Waals surface area contributed by atoms with Gasteiger partial charge < -0.3 is 5.32 Å². The smallest absolute Gasteiger partial charge is 0.232 e. The van der Waals surface area contributed by atoms with E-state index >= 15 is 0 Å². The monoisotopic (exact) mass is 384 g/mol. The lowest BCUT2D eigenvalue weighted by molar-refractivity contribution is -0.121. The van der Waals surface area contributed by atoms with Gasteiger partial charge in [-0.3, -0.25) is 9.10 Å². The van der Waals surface area contributed by atoms with Crippen LogP contribution in [-0.2, 0) is 21.4 Å². The maximum Gasteiger partial charge on any atom is 0.232 e. The number of anilines is 1. The van der Waals surface area contributed by atoms with Gasteiger partial charge in [0.05, 0.1) is 17.0 Å². The number of carbonyl (C=O) groups excluding carboxylic acids is 1. The van der Waals surface area contributed by atoms with Crippen LogP contribution in [-0.4, -0.2) is 27.1 Å². The zero-order chi connectivity index (χ0) is 18.4. The summed E-state index contributed by atoms with van der Waals surface area (Å²) in [5.41, 5.74) is 1.16. The molecule has 134 valence electrons. The van der Waals surface area contributed by atoms with Gasteiger partial charge in [0.15, 0.2) is 0 Å². The van der Waals surface area contributed by atoms with E-state index in [1.807, 2.05) is 30.3 Å². The molecule has 0 fully saturated rings. The number of nitrogens with zero attached hydrogens (tertiary/aromatic N) is 1. The molecular weight excluding hydrogens is 367 g/mol. The van der Waals surface area contributed by atoms with Gasteiger partial charge in [-0.2, -0.15) is 0 Å². The molecule has 2 rings (SSSR count). The number of nitrogens with one attached hydrogen (secondary N) is 1. The highest BCUT2D eigenvalue weighted by atomic mass is 35.5. The molecule has 0 saturated heterocycles. The van der Waals surface area contributed by atoms with Crippen LogP contribution in [0.1, 0.15) is 12.0 Å². The van der Waals surface area contributed by atoms with Gasteiger partial charge in [-0.05, 0) is 23.8 Å². The van der Waals surface area contributed by atoms with Crippen molar-refractivity contribution >= 4 is 33.2 Å². The highest BCUT2D eigenvalue weighted by Crippen LogP contribution is 2.24. The molecule has 0 unspecified atom stereocenters. The van der Waals surface area contributed by atoms with Gasteiger partial charge in [-0.1, -0.05) is 41.9 Å². The van der Waals surface area contributed by atoms with E-state index < -0.39 is 15.8 Å². The van der Waals surface area contributed by atoms with Crippen molar-refractivity contribution < 1.29 is 17.6 Å². The van der Waals surface area contributed by atoms with Crippen molar-refractivity contribution in [1.29, 1.82) is 0 Å². The minimum Gasteiger partial charge on any atom is -0.352 e. The molecule has 2 aromatic rings. The van der Waals surface area contributed by atoms with E-state index in [0.29, 0.717) is 6.54 Å². The third-order valence-electron chi connectivity index (χ3n) is 3.47. The van der Waals surface area contributed by atoms with Crippen molar-refractivity contribution in [2.75, 3.05) is 17.1 Å². The molecule has 0 aliphatic carbocycles. The van der Waals surface area contributed by atoms with Crippen molar-refractivity contribution in [2.24, 2.45) is 0 Å². The van der Waals surface area contributed by atoms with Gasteiger partial charge in [0, 0.05) is 19.5 Å². The molecule has 0 atom stereocenters. The van der Waals surface area contributed by atoms with Crippen LogP contribution in [0.2, 0.25) is 5.02 Å². The fourth-order valence-corrected chi connectivity index (χ4v) is 3.31. The van der Waals surface area contributed by atoms with Crippen molar-refractivity contribution in [1.82, 2.24) is 5.32 Å². The van der Waals surface area contributed by atoms with E-state index in [1.165, 1.54) is 12.1 Å². The predicted octanol–water partition coefficient (Wildman–Crippen LogP) is 2.95. The Kier molecular flexibility index (Phi) is 6.39. The van der Waals surface area contributed by atoms with Crippen LogP contribution in [0, 0.1) is 5.82 Å². The highest BCUT2D eigenvalue weighted by Gasteiger charge is 2.19. The number of hydrogen-bond donors (Lipinski definition) is 1. The van der Waals surface area contributed by atoms with E-state index in [4.69, 9.17) is 11.6 Å². The zero-order valence-electron chi connectivity index (χ0n) is 13.6. The van der Waals surface area contributed by atoms with Crippen molar-refractivity contribution in [3.05, 3.63) is 64.9 Å². The summed E-state index contributed by atoms with van der Waals surface area (Å²) >= 11 is 5.71. The Bertz CT molecular complexity index is 844. The lowest BCUT2D eigenvalue weighted by Crippen LogP contribution is -2.34. The summed E-state index contributed by atoms with van der Waals surface area (Å²) in [6.07, 6.45) is 0.987. The van der Waals surface area contributed by atoms with Crippen molar-refractivity contribution in [3.63, 3.8) is 0 Å². The summed E-state index contributed by atoms with van der Waals surface area (Å²) in [6.45, 7) is 0.294. The van der Waals surface area contributed by atoms with Crippen LogP contribution >= 0.6 is 11.6 Å². The molecule has 0 heterocycles. The van der Waals surface area contributed by atoms with Crippen LogP contribution < -0.4 is 9.62 Å². The van der Waals surface area contributed by atoms with Gasteiger partial charge in [-0.15, -0.1) is 0 Å². The summed E-state index contributed by atoms with van der Waals surface area (Å²) in [6, 6.07) is 13.0. The first-order valence-corrected chi connectivity index (χ1v) is 9.73. The quantitative estimate of drug-likeness (QED) is 0.798. The van der Waals surface area contributed by atoms with Gasteiger partial charge in [-0.25, -0.2) is 12.8 Å². The van der Waals surface area contributed by atoms with Crippen LogP contribution in [0.4, 0.5) is 10.1 Å². The number of amides is 1. The summed E-state index contributed by atoms with van der Waals surface area (Å²) in [5.74, 6) is -0.926. The molecule has 0 aromatic heterocycles. The number of benzene rings is 2. The topological polar surface area (TPSA) is 66.5 Å². The summed E-state index contributed by atoms with van der Waals surface area (Å²) in [4.78, 5) is 12.0. The Hall–Kier alpha value is -2.12. The Morgan fingerprint density at radius 3 is 2.48 bits per heavy atom. The lowest BCUT2D eigenvalue weighted by atomic mass is 10.2. The van der Waals surface area contributed by atoms with E-state index in [1.54, 1.807) is 0 Å². The first-order valence-electron chi connectivity index (χ1n) is 7.51. The molecule has 8 heteroatoms. The fourth-order valence-electron chi connectivity index (χ4n) is 2.21. The van der Waals surface area contributed by atoms with Gasteiger partial charge in [0.2, 0.25) is 15.9 Å². The van der Waals surface area contributed by atoms with E-state index in [2.05, 4.69) is 5.32 Å². The second-order valence-corrected chi connectivity index (χ2v) is 7.76. The average Bonchev–Trinajstić information content (AvgIpc) is 2.56. The highest BCUT2D eigenvalue weighted by molar-refractivity contribution is 7.92. The van der Waals surface area contributed by atoms with Gasteiger partial charge in [0.25, 0.3) is 0 Å². The van der Waals surface area contributed by atoms with E-state index in [0.717, 1.165) is 22.2 Å². The van der Waals surface area contributed by atoms with E-state index in [9.17, 15) is 17.6 Å². The number of sulfonamides is 1. The van der Waals surface area contributed by atoms with Crippen LogP contribution in [0.15, 0.2) is 48.5 Å². The minimum atomic E-state index is -3.64. The summed E-state index contributed by atoms with van der Waals surface area (Å²) in [7, 11) is -3.64. The normalized spacial score (nSPS) is 11.2. The number of carbonyl (C=O) groups is 1. The molecular formula is C17H18ClFN2O3S. The fraction of sp³-hybridized carbons (Fsp3) is 0.235.